The molecular formula is C31H65NO2. The van der Waals surface area contributed by atoms with Crippen LogP contribution in [-0.4, -0.2) is 32.5 Å². The van der Waals surface area contributed by atoms with Crippen LogP contribution in [0.5, 0.6) is 0 Å². The Morgan fingerprint density at radius 1 is 0.441 bits per heavy atom. The lowest BCUT2D eigenvalue weighted by Gasteiger charge is -2.16. The molecule has 0 amide bonds. The predicted molar refractivity (Wildman–Crippen MR) is 152 cm³/mol. The van der Waals surface area contributed by atoms with Crippen LogP contribution in [0.3, 0.4) is 0 Å². The van der Waals surface area contributed by atoms with Crippen molar-refractivity contribution in [2.75, 3.05) is 26.4 Å². The molecule has 3 nitrogen and oxygen atoms in total. The average molecular weight is 484 g/mol. The molecule has 0 heterocycles. The van der Waals surface area contributed by atoms with Gasteiger partial charge in [0.05, 0.1) is 12.7 Å². The molecule has 0 spiro atoms. The number of nitrogens with two attached hydrogens (primary N) is 1. The van der Waals surface area contributed by atoms with E-state index in [4.69, 9.17) is 15.2 Å². The largest absolute Gasteiger partial charge is 0.379 e. The molecule has 0 saturated heterocycles. The highest BCUT2D eigenvalue weighted by atomic mass is 16.5. The highest BCUT2D eigenvalue weighted by molar-refractivity contribution is 4.58. The molecule has 0 aliphatic carbocycles. The first kappa shape index (κ1) is 33.9. The lowest BCUT2D eigenvalue weighted by Crippen LogP contribution is -2.29. The van der Waals surface area contributed by atoms with Gasteiger partial charge in [0, 0.05) is 19.8 Å². The van der Waals surface area contributed by atoms with Gasteiger partial charge in [0.1, 0.15) is 0 Å². The molecule has 1 atom stereocenters. The van der Waals surface area contributed by atoms with Crippen molar-refractivity contribution in [2.45, 2.75) is 174 Å². The van der Waals surface area contributed by atoms with E-state index in [9.17, 15) is 0 Å². The van der Waals surface area contributed by atoms with Crippen LogP contribution in [0.1, 0.15) is 168 Å². The van der Waals surface area contributed by atoms with Crippen molar-refractivity contribution in [3.63, 3.8) is 0 Å². The van der Waals surface area contributed by atoms with Gasteiger partial charge in [-0.2, -0.15) is 0 Å². The molecule has 0 aromatic heterocycles. The van der Waals surface area contributed by atoms with Crippen molar-refractivity contribution in [3.05, 3.63) is 0 Å². The number of hydrogen-bond acceptors (Lipinski definition) is 3. The van der Waals surface area contributed by atoms with E-state index in [0.717, 1.165) is 19.6 Å². The van der Waals surface area contributed by atoms with Gasteiger partial charge in [-0.15, -0.1) is 0 Å². The van der Waals surface area contributed by atoms with E-state index in [1.807, 2.05) is 0 Å². The number of rotatable bonds is 30. The number of unbranched alkanes of at least 4 members (excludes halogenated alkanes) is 22. The molecule has 0 aliphatic heterocycles. The summed E-state index contributed by atoms with van der Waals surface area (Å²) in [6.07, 6.45) is 33.2. The first-order valence-corrected chi connectivity index (χ1v) is 15.7. The average Bonchev–Trinajstić information content (AvgIpc) is 2.85. The highest BCUT2D eigenvalue weighted by Gasteiger charge is 2.06. The van der Waals surface area contributed by atoms with Crippen LogP contribution in [-0.2, 0) is 9.47 Å². The minimum absolute atomic E-state index is 0.0741. The minimum Gasteiger partial charge on any atom is -0.379 e. The Bertz CT molecular complexity index is 350. The van der Waals surface area contributed by atoms with Crippen LogP contribution < -0.4 is 5.73 Å². The summed E-state index contributed by atoms with van der Waals surface area (Å²) >= 11 is 0. The van der Waals surface area contributed by atoms with Gasteiger partial charge in [-0.25, -0.2) is 0 Å². The molecule has 0 saturated carbocycles. The zero-order chi connectivity index (χ0) is 24.8. The van der Waals surface area contributed by atoms with Crippen molar-refractivity contribution < 1.29 is 9.47 Å². The Morgan fingerprint density at radius 2 is 0.765 bits per heavy atom. The lowest BCUT2D eigenvalue weighted by molar-refractivity contribution is -0.0136. The lowest BCUT2D eigenvalue weighted by atomic mass is 10.1. The smallest absolute Gasteiger partial charge is 0.0930 e. The third kappa shape index (κ3) is 28.1. The molecule has 0 bridgehead atoms. The van der Waals surface area contributed by atoms with Crippen LogP contribution >= 0.6 is 0 Å². The van der Waals surface area contributed by atoms with Crippen LogP contribution in [0.4, 0.5) is 0 Å². The summed E-state index contributed by atoms with van der Waals surface area (Å²) in [7, 11) is 0. The quantitative estimate of drug-likeness (QED) is 0.103. The minimum atomic E-state index is 0.0741. The Morgan fingerprint density at radius 3 is 1.12 bits per heavy atom. The summed E-state index contributed by atoms with van der Waals surface area (Å²) in [4.78, 5) is 0. The maximum absolute atomic E-state index is 5.95. The monoisotopic (exact) mass is 484 g/mol. The summed E-state index contributed by atoms with van der Waals surface area (Å²) < 4.78 is 11.8. The standard InChI is InChI=1S/C31H65NO2/c1-3-5-7-9-11-13-15-17-19-21-23-25-27-33-30-31(29-32)34-28-26-24-22-20-18-16-14-12-10-8-6-4-2/h31H,3-30,32H2,1-2H3. The van der Waals surface area contributed by atoms with E-state index in [1.165, 1.54) is 148 Å². The second kappa shape index (κ2) is 30.9. The van der Waals surface area contributed by atoms with E-state index < -0.39 is 0 Å². The molecule has 206 valence electrons. The molecule has 34 heavy (non-hydrogen) atoms. The fraction of sp³-hybridized carbons (Fsp3) is 1.00. The van der Waals surface area contributed by atoms with E-state index in [1.54, 1.807) is 0 Å². The second-order valence-electron chi connectivity index (χ2n) is 10.6. The van der Waals surface area contributed by atoms with Crippen molar-refractivity contribution >= 4 is 0 Å². The summed E-state index contributed by atoms with van der Waals surface area (Å²) in [6, 6.07) is 0. The topological polar surface area (TPSA) is 44.5 Å². The van der Waals surface area contributed by atoms with Crippen LogP contribution in [0, 0.1) is 0 Å². The first-order valence-electron chi connectivity index (χ1n) is 15.7. The van der Waals surface area contributed by atoms with Crippen LogP contribution in [0.2, 0.25) is 0 Å². The third-order valence-corrected chi connectivity index (χ3v) is 7.06. The molecule has 2 N–H and O–H groups in total. The Labute approximate surface area is 215 Å². The van der Waals surface area contributed by atoms with Crippen molar-refractivity contribution in [3.8, 4) is 0 Å². The molecule has 0 aromatic rings. The molecule has 0 rings (SSSR count). The maximum Gasteiger partial charge on any atom is 0.0930 e. The predicted octanol–water partition coefficient (Wildman–Crippen LogP) is 9.75. The van der Waals surface area contributed by atoms with Gasteiger partial charge in [-0.05, 0) is 12.8 Å². The van der Waals surface area contributed by atoms with Crippen molar-refractivity contribution in [2.24, 2.45) is 5.73 Å². The summed E-state index contributed by atoms with van der Waals surface area (Å²) in [5.74, 6) is 0. The summed E-state index contributed by atoms with van der Waals surface area (Å²) in [5, 5.41) is 0. The third-order valence-electron chi connectivity index (χ3n) is 7.06. The van der Waals surface area contributed by atoms with Gasteiger partial charge < -0.3 is 15.2 Å². The molecule has 3 heteroatoms. The van der Waals surface area contributed by atoms with Gasteiger partial charge in [-0.1, -0.05) is 155 Å². The van der Waals surface area contributed by atoms with Gasteiger partial charge in [0.25, 0.3) is 0 Å². The van der Waals surface area contributed by atoms with E-state index >= 15 is 0 Å². The van der Waals surface area contributed by atoms with Gasteiger partial charge in [-0.3, -0.25) is 0 Å². The molecule has 0 aromatic carbocycles. The van der Waals surface area contributed by atoms with E-state index in [-0.39, 0.29) is 6.10 Å². The van der Waals surface area contributed by atoms with Gasteiger partial charge in [0.2, 0.25) is 0 Å². The normalized spacial score (nSPS) is 12.4. The molecule has 0 radical (unpaired) electrons. The molecule has 1 unspecified atom stereocenters. The molecule has 0 aliphatic rings. The van der Waals surface area contributed by atoms with Crippen molar-refractivity contribution in [1.82, 2.24) is 0 Å². The SMILES string of the molecule is CCCCCCCCCCCCCCOCC(CN)OCCCCCCCCCCCCCC. The fourth-order valence-electron chi connectivity index (χ4n) is 4.64. The molecular weight excluding hydrogens is 418 g/mol. The summed E-state index contributed by atoms with van der Waals surface area (Å²) in [6.45, 7) is 7.49. The number of ether oxygens (including phenoxy) is 2. The van der Waals surface area contributed by atoms with E-state index in [0.29, 0.717) is 13.2 Å². The Hall–Kier alpha value is -0.120. The van der Waals surface area contributed by atoms with Crippen LogP contribution in [0.25, 0.3) is 0 Å². The van der Waals surface area contributed by atoms with Crippen LogP contribution in [0.15, 0.2) is 0 Å². The van der Waals surface area contributed by atoms with Gasteiger partial charge >= 0.3 is 0 Å². The highest BCUT2D eigenvalue weighted by Crippen LogP contribution is 2.13. The fourth-order valence-corrected chi connectivity index (χ4v) is 4.64. The second-order valence-corrected chi connectivity index (χ2v) is 10.6. The number of hydrogen-bond donors (Lipinski definition) is 1. The zero-order valence-electron chi connectivity index (χ0n) is 23.8. The molecule has 0 fully saturated rings. The zero-order valence-corrected chi connectivity index (χ0v) is 23.8. The van der Waals surface area contributed by atoms with Gasteiger partial charge in [0.15, 0.2) is 0 Å². The van der Waals surface area contributed by atoms with Crippen molar-refractivity contribution in [1.29, 1.82) is 0 Å². The summed E-state index contributed by atoms with van der Waals surface area (Å²) in [5.41, 5.74) is 5.87. The maximum atomic E-state index is 5.95. The Balaban J connectivity index is 3.26. The van der Waals surface area contributed by atoms with E-state index in [2.05, 4.69) is 13.8 Å². The first-order chi connectivity index (χ1) is 16.8. The Kier molecular flexibility index (Phi) is 30.8.